The van der Waals surface area contributed by atoms with Crippen LogP contribution in [0, 0.1) is 17.8 Å². The number of rotatable bonds is 14. The molecule has 3 N–H and O–H groups in total. The van der Waals surface area contributed by atoms with E-state index in [1.54, 1.807) is 35.1 Å². The third kappa shape index (κ3) is 26.1. The third-order valence-corrected chi connectivity index (χ3v) is 6.33. The van der Waals surface area contributed by atoms with Crippen molar-refractivity contribution >= 4 is 34.3 Å². The molecule has 2 amide bonds. The van der Waals surface area contributed by atoms with Gasteiger partial charge in [-0.1, -0.05) is 77.2 Å². The molecule has 1 atom stereocenters. The van der Waals surface area contributed by atoms with Crippen molar-refractivity contribution in [2.24, 2.45) is 5.92 Å². The van der Waals surface area contributed by atoms with Crippen LogP contribution in [0.5, 0.6) is 5.75 Å². The number of carbonyl (C=O) groups is 2. The van der Waals surface area contributed by atoms with Crippen LogP contribution in [-0.4, -0.2) is 75.8 Å². The molecule has 0 radical (unpaired) electrons. The number of benzene rings is 1. The fraction of sp³-hybridized carbons (Fsp3) is 0.655. The number of nitrogens with one attached hydrogen (secondary N) is 3. The minimum absolute atomic E-state index is 0.0270. The minimum atomic E-state index is -0.204. The lowest BCUT2D eigenvalue weighted by Gasteiger charge is -2.15. The molecule has 1 rings (SSSR count). The molecule has 0 aliphatic carbocycles. The van der Waals surface area contributed by atoms with Crippen molar-refractivity contribution in [3.63, 3.8) is 0 Å². The number of hydrogen-bond donors (Lipinski definition) is 4. The molecule has 0 aliphatic heterocycles. The average Bonchev–Trinajstić information content (AvgIpc) is 2.91. The smallest absolute Gasteiger partial charge is 0.251 e. The molecule has 0 heterocycles. The average molecular weight is 586 g/mol. The Kier molecular flexibility index (Phi) is 25.3. The van der Waals surface area contributed by atoms with E-state index in [-0.39, 0.29) is 30.4 Å². The predicted molar refractivity (Wildman–Crippen MR) is 168 cm³/mol. The summed E-state index contributed by atoms with van der Waals surface area (Å²) in [6.45, 7) is 18.8. The molecule has 0 saturated heterocycles. The molecule has 39 heavy (non-hydrogen) atoms. The molecule has 0 spiro atoms. The normalized spacial score (nSPS) is 11.1. The van der Waals surface area contributed by atoms with Crippen molar-refractivity contribution in [2.75, 3.05) is 53.1 Å². The van der Waals surface area contributed by atoms with Gasteiger partial charge in [0.05, 0.1) is 25.9 Å². The van der Waals surface area contributed by atoms with E-state index in [0.29, 0.717) is 55.5 Å². The first-order chi connectivity index (χ1) is 18.5. The van der Waals surface area contributed by atoms with Crippen LogP contribution < -0.4 is 20.7 Å². The van der Waals surface area contributed by atoms with E-state index >= 15 is 0 Å². The first-order valence-corrected chi connectivity index (χ1v) is 15.3. The summed E-state index contributed by atoms with van der Waals surface area (Å²) in [5, 5.41) is 8.48. The molecule has 224 valence electrons. The van der Waals surface area contributed by atoms with Gasteiger partial charge in [-0.05, 0) is 32.2 Å². The second-order valence-electron chi connectivity index (χ2n) is 9.39. The zero-order valence-corrected chi connectivity index (χ0v) is 27.0. The molecule has 0 bridgehead atoms. The van der Waals surface area contributed by atoms with Crippen LogP contribution in [0.25, 0.3) is 0 Å². The van der Waals surface area contributed by atoms with Crippen molar-refractivity contribution in [3.8, 4) is 17.6 Å². The second kappa shape index (κ2) is 25.1. The summed E-state index contributed by atoms with van der Waals surface area (Å²) in [4.78, 5) is 23.7. The lowest BCUT2D eigenvalue weighted by atomic mass is 10.2. The molecule has 1 aromatic rings. The van der Waals surface area contributed by atoms with Crippen molar-refractivity contribution in [3.05, 3.63) is 29.8 Å². The summed E-state index contributed by atoms with van der Waals surface area (Å²) in [5.74, 6) is 6.39. The van der Waals surface area contributed by atoms with E-state index in [4.69, 9.17) is 14.2 Å². The Bertz CT molecular complexity index is 836. The van der Waals surface area contributed by atoms with Gasteiger partial charge < -0.3 is 30.2 Å². The zero-order chi connectivity index (χ0) is 30.1. The van der Waals surface area contributed by atoms with Gasteiger partial charge in [0, 0.05) is 29.3 Å². The number of carbonyl (C=O) groups excluding carboxylic acids is 2. The fourth-order valence-corrected chi connectivity index (χ4v) is 2.31. The zero-order valence-electron chi connectivity index (χ0n) is 25.3. The van der Waals surface area contributed by atoms with Gasteiger partial charge in [0.25, 0.3) is 5.91 Å². The molecule has 0 fully saturated rings. The van der Waals surface area contributed by atoms with Gasteiger partial charge in [0.15, 0.2) is 0 Å². The highest BCUT2D eigenvalue weighted by molar-refractivity contribution is 8.69. The van der Waals surface area contributed by atoms with Gasteiger partial charge in [0.2, 0.25) is 5.91 Å². The Morgan fingerprint density at radius 3 is 2.33 bits per heavy atom. The number of ether oxygens (including phenoxy) is 3. The molecule has 1 unspecified atom stereocenters. The minimum Gasteiger partial charge on any atom is -0.491 e. The highest BCUT2D eigenvalue weighted by atomic mass is 33.1. The Morgan fingerprint density at radius 1 is 1.08 bits per heavy atom. The first kappa shape index (κ1) is 39.2. The van der Waals surface area contributed by atoms with Gasteiger partial charge >= 0.3 is 0 Å². The van der Waals surface area contributed by atoms with Crippen molar-refractivity contribution in [2.45, 2.75) is 66.2 Å². The maximum atomic E-state index is 12.1. The van der Waals surface area contributed by atoms with E-state index in [1.807, 2.05) is 41.7 Å². The number of thiol groups is 1. The quantitative estimate of drug-likeness (QED) is 0.110. The van der Waals surface area contributed by atoms with E-state index in [1.165, 1.54) is 0 Å². The first-order valence-electron chi connectivity index (χ1n) is 13.4. The predicted octanol–water partition coefficient (Wildman–Crippen LogP) is 4.60. The maximum absolute atomic E-state index is 12.1. The van der Waals surface area contributed by atoms with Crippen LogP contribution in [0.2, 0.25) is 0 Å². The van der Waals surface area contributed by atoms with Gasteiger partial charge in [0.1, 0.15) is 19.0 Å². The Balaban J connectivity index is 0. The van der Waals surface area contributed by atoms with Crippen molar-refractivity contribution < 1.29 is 23.8 Å². The van der Waals surface area contributed by atoms with E-state index < -0.39 is 0 Å². The number of amides is 2. The molecule has 0 saturated carbocycles. The van der Waals surface area contributed by atoms with Crippen molar-refractivity contribution in [1.82, 2.24) is 16.0 Å². The summed E-state index contributed by atoms with van der Waals surface area (Å²) in [7, 11) is 3.41. The van der Waals surface area contributed by atoms with Crippen molar-refractivity contribution in [1.29, 1.82) is 0 Å². The van der Waals surface area contributed by atoms with Gasteiger partial charge in [-0.2, -0.15) is 0 Å². The lowest BCUT2D eigenvalue weighted by molar-refractivity contribution is -0.126. The standard InChI is InChI=1S/C23H35N3O5.C4H10S2.C2H6/c1-18(2)7-6-10-25-22(27)17-29-13-14-30-19(3)16-31-21-9-5-8-20(15-21)23(28)26-12-11-24-4;1-4(2,3)6-5;1-2/h5,8-9,15,18-19,24H,10-14,16-17H2,1-4H3,(H,25,27)(H,26,28);5H,1-3H3;1-2H3. The molecule has 0 aromatic heterocycles. The highest BCUT2D eigenvalue weighted by Gasteiger charge is 2.08. The van der Waals surface area contributed by atoms with Gasteiger partial charge in [-0.15, -0.1) is 11.7 Å². The summed E-state index contributed by atoms with van der Waals surface area (Å²) in [6, 6.07) is 7.02. The van der Waals surface area contributed by atoms with Crippen LogP contribution in [0.3, 0.4) is 0 Å². The van der Waals surface area contributed by atoms with Gasteiger partial charge in [-0.3, -0.25) is 9.59 Å². The number of likely N-dealkylation sites (N-methyl/N-ethyl adjacent to an activating group) is 1. The summed E-state index contributed by atoms with van der Waals surface area (Å²) in [6.07, 6.45) is -0.170. The Morgan fingerprint density at radius 2 is 1.74 bits per heavy atom. The van der Waals surface area contributed by atoms with Crippen LogP contribution in [0.15, 0.2) is 24.3 Å². The van der Waals surface area contributed by atoms with E-state index in [9.17, 15) is 9.59 Å². The maximum Gasteiger partial charge on any atom is 0.251 e. The molecule has 0 aliphatic rings. The number of hydrogen-bond acceptors (Lipinski definition) is 8. The monoisotopic (exact) mass is 585 g/mol. The lowest BCUT2D eigenvalue weighted by Crippen LogP contribution is -2.30. The topological polar surface area (TPSA) is 97.9 Å². The molecular formula is C29H51N3O5S2. The van der Waals surface area contributed by atoms with E-state index in [0.717, 1.165) is 0 Å². The van der Waals surface area contributed by atoms with E-state index in [2.05, 4.69) is 60.2 Å². The second-order valence-corrected chi connectivity index (χ2v) is 11.3. The van der Waals surface area contributed by atoms with Crippen LogP contribution >= 0.6 is 22.5 Å². The molecule has 1 aromatic carbocycles. The summed E-state index contributed by atoms with van der Waals surface area (Å²) in [5.41, 5.74) is 0.545. The summed E-state index contributed by atoms with van der Waals surface area (Å²) < 4.78 is 17.0. The largest absolute Gasteiger partial charge is 0.491 e. The Labute approximate surface area is 246 Å². The molecule has 10 heteroatoms. The summed E-state index contributed by atoms with van der Waals surface area (Å²) >= 11 is 4.02. The third-order valence-electron chi connectivity index (χ3n) is 4.14. The van der Waals surface area contributed by atoms with Crippen LogP contribution in [0.1, 0.15) is 65.7 Å². The van der Waals surface area contributed by atoms with Crippen LogP contribution in [-0.2, 0) is 14.3 Å². The Hall–Kier alpha value is -1.90. The fourth-order valence-electron chi connectivity index (χ4n) is 2.31. The van der Waals surface area contributed by atoms with Crippen LogP contribution in [0.4, 0.5) is 0 Å². The SMILES string of the molecule is CC.CC(C)(C)SS.CNCCNC(=O)c1cccc(OCC(C)OCCOCC(=O)NCC#CC(C)C)c1. The highest BCUT2D eigenvalue weighted by Crippen LogP contribution is 2.25. The molecule has 8 nitrogen and oxygen atoms in total. The molecular weight excluding hydrogens is 534 g/mol. The van der Waals surface area contributed by atoms with Gasteiger partial charge in [-0.25, -0.2) is 0 Å².